The summed E-state index contributed by atoms with van der Waals surface area (Å²) in [4.78, 5) is 12.4. The molecule has 0 aliphatic carbocycles. The van der Waals surface area contributed by atoms with E-state index in [2.05, 4.69) is 32.2 Å². The molecule has 0 spiro atoms. The van der Waals surface area contributed by atoms with Gasteiger partial charge in [-0.3, -0.25) is 4.79 Å². The lowest BCUT2D eigenvalue weighted by Crippen LogP contribution is -2.21. The summed E-state index contributed by atoms with van der Waals surface area (Å²) in [5, 5.41) is 11.7. The molecule has 0 radical (unpaired) electrons. The second-order valence-electron chi connectivity index (χ2n) is 8.54. The third-order valence-corrected chi connectivity index (χ3v) is 4.98. The Bertz CT molecular complexity index is 1080. The van der Waals surface area contributed by atoms with Gasteiger partial charge in [-0.15, -0.1) is 0 Å². The predicted molar refractivity (Wildman–Crippen MR) is 126 cm³/mol. The van der Waals surface area contributed by atoms with E-state index in [-0.39, 0.29) is 17.9 Å². The molecule has 3 aromatic rings. The molecule has 0 atom stereocenters. The van der Waals surface area contributed by atoms with Gasteiger partial charge in [-0.05, 0) is 46.9 Å². The largest absolute Gasteiger partial charge is 0.489 e. The maximum Gasteiger partial charge on any atom is 0.262 e. The van der Waals surface area contributed by atoms with Crippen LogP contribution in [0.5, 0.6) is 11.5 Å². The van der Waals surface area contributed by atoms with Gasteiger partial charge < -0.3 is 14.8 Å². The molecule has 32 heavy (non-hydrogen) atoms. The minimum atomic E-state index is -0.238. The molecule has 3 aromatic carbocycles. The van der Waals surface area contributed by atoms with Crippen LogP contribution in [0.4, 0.5) is 5.69 Å². The van der Waals surface area contributed by atoms with E-state index in [4.69, 9.17) is 14.7 Å². The van der Waals surface area contributed by atoms with Crippen molar-refractivity contribution in [2.45, 2.75) is 39.2 Å². The summed E-state index contributed by atoms with van der Waals surface area (Å²) >= 11 is 0. The van der Waals surface area contributed by atoms with Crippen LogP contribution >= 0.6 is 0 Å². The standard InChI is InChI=1S/C27H28N2O3/c1-27(2,3)22-10-14-24(15-11-22)32-19-26(30)29-25-7-5-4-6-21(25)18-31-23-12-8-20(9-13-23)16-17-28/h4-15H,16,18-19H2,1-3H3,(H,29,30). The lowest BCUT2D eigenvalue weighted by Gasteiger charge is -2.19. The number of benzene rings is 3. The Kier molecular flexibility index (Phi) is 7.51. The fraction of sp³-hybridized carbons (Fsp3) is 0.259. The Labute approximate surface area is 189 Å². The van der Waals surface area contributed by atoms with Crippen molar-refractivity contribution < 1.29 is 14.3 Å². The summed E-state index contributed by atoms with van der Waals surface area (Å²) in [7, 11) is 0. The maximum absolute atomic E-state index is 12.4. The van der Waals surface area contributed by atoms with E-state index >= 15 is 0 Å². The number of nitrogens with zero attached hydrogens (tertiary/aromatic N) is 1. The number of anilines is 1. The molecule has 0 saturated heterocycles. The maximum atomic E-state index is 12.4. The molecular formula is C27H28N2O3. The first-order chi connectivity index (χ1) is 15.3. The van der Waals surface area contributed by atoms with E-state index in [9.17, 15) is 4.79 Å². The second kappa shape index (κ2) is 10.5. The van der Waals surface area contributed by atoms with E-state index in [0.29, 0.717) is 30.2 Å². The first kappa shape index (κ1) is 22.9. The number of amides is 1. The molecule has 0 saturated carbocycles. The van der Waals surface area contributed by atoms with Crippen molar-refractivity contribution in [1.82, 2.24) is 0 Å². The van der Waals surface area contributed by atoms with E-state index in [1.165, 1.54) is 5.56 Å². The Balaban J connectivity index is 1.54. The number of hydrogen-bond donors (Lipinski definition) is 1. The molecule has 0 fully saturated rings. The van der Waals surface area contributed by atoms with Crippen LogP contribution in [0.1, 0.15) is 37.5 Å². The Morgan fingerprint density at radius 3 is 2.19 bits per heavy atom. The zero-order valence-electron chi connectivity index (χ0n) is 18.7. The fourth-order valence-electron chi connectivity index (χ4n) is 3.11. The summed E-state index contributed by atoms with van der Waals surface area (Å²) in [6, 6.07) is 24.9. The summed E-state index contributed by atoms with van der Waals surface area (Å²) in [5.74, 6) is 1.12. The zero-order chi connectivity index (χ0) is 23.0. The fourth-order valence-corrected chi connectivity index (χ4v) is 3.11. The van der Waals surface area contributed by atoms with Crippen molar-refractivity contribution in [1.29, 1.82) is 5.26 Å². The number of nitriles is 1. The van der Waals surface area contributed by atoms with Gasteiger partial charge in [0.1, 0.15) is 18.1 Å². The Morgan fingerprint density at radius 2 is 1.53 bits per heavy atom. The number of para-hydroxylation sites is 1. The molecular weight excluding hydrogens is 400 g/mol. The smallest absolute Gasteiger partial charge is 0.262 e. The van der Waals surface area contributed by atoms with Gasteiger partial charge in [0.25, 0.3) is 5.91 Å². The monoisotopic (exact) mass is 428 g/mol. The molecule has 0 aliphatic heterocycles. The molecule has 164 valence electrons. The molecule has 0 bridgehead atoms. The molecule has 5 heteroatoms. The summed E-state index contributed by atoms with van der Waals surface area (Å²) < 4.78 is 11.5. The average molecular weight is 429 g/mol. The number of nitrogens with one attached hydrogen (secondary N) is 1. The normalized spacial score (nSPS) is 10.8. The van der Waals surface area contributed by atoms with Crippen molar-refractivity contribution in [3.8, 4) is 17.6 Å². The molecule has 0 aliphatic rings. The number of carbonyl (C=O) groups is 1. The van der Waals surface area contributed by atoms with Gasteiger partial charge in [0.05, 0.1) is 12.5 Å². The number of ether oxygens (including phenoxy) is 2. The number of carbonyl (C=O) groups excluding carboxylic acids is 1. The summed E-state index contributed by atoms with van der Waals surface area (Å²) in [6.45, 7) is 6.69. The van der Waals surface area contributed by atoms with Gasteiger partial charge in [-0.25, -0.2) is 0 Å². The van der Waals surface area contributed by atoms with Crippen molar-refractivity contribution in [3.05, 3.63) is 89.5 Å². The molecule has 5 nitrogen and oxygen atoms in total. The lowest BCUT2D eigenvalue weighted by molar-refractivity contribution is -0.118. The quantitative estimate of drug-likeness (QED) is 0.503. The van der Waals surface area contributed by atoms with Gasteiger partial charge >= 0.3 is 0 Å². The third-order valence-electron chi connectivity index (χ3n) is 4.98. The van der Waals surface area contributed by atoms with Crippen LogP contribution in [-0.2, 0) is 23.2 Å². The van der Waals surface area contributed by atoms with Crippen LogP contribution in [0.2, 0.25) is 0 Å². The molecule has 1 N–H and O–H groups in total. The zero-order valence-corrected chi connectivity index (χ0v) is 18.7. The number of hydrogen-bond acceptors (Lipinski definition) is 4. The van der Waals surface area contributed by atoms with Crippen molar-refractivity contribution in [3.63, 3.8) is 0 Å². The summed E-state index contributed by atoms with van der Waals surface area (Å²) in [6.07, 6.45) is 0.373. The highest BCUT2D eigenvalue weighted by Gasteiger charge is 2.13. The van der Waals surface area contributed by atoms with Gasteiger partial charge in [-0.2, -0.15) is 5.26 Å². The SMILES string of the molecule is CC(C)(C)c1ccc(OCC(=O)Nc2ccccc2COc2ccc(CC#N)cc2)cc1. The molecule has 0 unspecified atom stereocenters. The van der Waals surface area contributed by atoms with Crippen LogP contribution in [0.3, 0.4) is 0 Å². The van der Waals surface area contributed by atoms with Crippen LogP contribution in [-0.4, -0.2) is 12.5 Å². The van der Waals surface area contributed by atoms with Crippen molar-refractivity contribution in [2.24, 2.45) is 0 Å². The van der Waals surface area contributed by atoms with E-state index in [1.54, 1.807) is 0 Å². The predicted octanol–water partition coefficient (Wildman–Crippen LogP) is 5.65. The highest BCUT2D eigenvalue weighted by molar-refractivity contribution is 5.92. The Hall–Kier alpha value is -3.78. The van der Waals surface area contributed by atoms with Crippen LogP contribution < -0.4 is 14.8 Å². The minimum absolute atomic E-state index is 0.0698. The highest BCUT2D eigenvalue weighted by Crippen LogP contribution is 2.24. The first-order valence-corrected chi connectivity index (χ1v) is 10.5. The van der Waals surface area contributed by atoms with Crippen molar-refractivity contribution >= 4 is 11.6 Å². The Morgan fingerprint density at radius 1 is 0.906 bits per heavy atom. The van der Waals surface area contributed by atoms with Gasteiger partial charge in [0, 0.05) is 11.3 Å². The molecule has 3 rings (SSSR count). The van der Waals surface area contributed by atoms with Crippen LogP contribution in [0.15, 0.2) is 72.8 Å². The number of rotatable bonds is 8. The molecule has 1 amide bonds. The van der Waals surface area contributed by atoms with Crippen LogP contribution in [0, 0.1) is 11.3 Å². The van der Waals surface area contributed by atoms with E-state index < -0.39 is 0 Å². The van der Waals surface area contributed by atoms with Gasteiger partial charge in [0.15, 0.2) is 6.61 Å². The second-order valence-corrected chi connectivity index (χ2v) is 8.54. The topological polar surface area (TPSA) is 71.3 Å². The van der Waals surface area contributed by atoms with Gasteiger partial charge in [-0.1, -0.05) is 63.2 Å². The van der Waals surface area contributed by atoms with Crippen molar-refractivity contribution in [2.75, 3.05) is 11.9 Å². The van der Waals surface area contributed by atoms with E-state index in [0.717, 1.165) is 11.1 Å². The lowest BCUT2D eigenvalue weighted by atomic mass is 9.87. The first-order valence-electron chi connectivity index (χ1n) is 10.5. The highest BCUT2D eigenvalue weighted by atomic mass is 16.5. The average Bonchev–Trinajstić information content (AvgIpc) is 2.78. The third kappa shape index (κ3) is 6.61. The molecule has 0 aromatic heterocycles. The minimum Gasteiger partial charge on any atom is -0.489 e. The van der Waals surface area contributed by atoms with E-state index in [1.807, 2.05) is 72.8 Å². The summed E-state index contributed by atoms with van der Waals surface area (Å²) in [5.41, 5.74) is 3.77. The molecule has 0 heterocycles. The van der Waals surface area contributed by atoms with Gasteiger partial charge in [0.2, 0.25) is 0 Å². The van der Waals surface area contributed by atoms with Crippen LogP contribution in [0.25, 0.3) is 0 Å².